The summed E-state index contributed by atoms with van der Waals surface area (Å²) >= 11 is 0. The van der Waals surface area contributed by atoms with Gasteiger partial charge in [-0.15, -0.1) is 0 Å². The van der Waals surface area contributed by atoms with Crippen LogP contribution in [0.5, 0.6) is 11.5 Å². The predicted molar refractivity (Wildman–Crippen MR) is 105 cm³/mol. The Bertz CT molecular complexity index is 1080. The first-order valence-electron chi connectivity index (χ1n) is 8.43. The van der Waals surface area contributed by atoms with Crippen molar-refractivity contribution in [1.29, 1.82) is 0 Å². The van der Waals surface area contributed by atoms with E-state index in [1.807, 2.05) is 65.3 Å². The largest absolute Gasteiger partial charge is 0.497 e. The van der Waals surface area contributed by atoms with E-state index in [-0.39, 0.29) is 0 Å². The van der Waals surface area contributed by atoms with Crippen LogP contribution in [-0.2, 0) is 0 Å². The molecule has 0 bridgehead atoms. The van der Waals surface area contributed by atoms with Gasteiger partial charge < -0.3 is 9.47 Å². The number of imidazole rings is 1. The zero-order valence-electron chi connectivity index (χ0n) is 15.0. The maximum absolute atomic E-state index is 5.24. The molecule has 0 saturated heterocycles. The van der Waals surface area contributed by atoms with Crippen LogP contribution in [0.1, 0.15) is 5.56 Å². The Hall–Kier alpha value is -3.67. The predicted octanol–water partition coefficient (Wildman–Crippen LogP) is 4.16. The van der Waals surface area contributed by atoms with Gasteiger partial charge in [-0.3, -0.25) is 9.38 Å². The van der Waals surface area contributed by atoms with Crippen molar-refractivity contribution in [2.24, 2.45) is 4.99 Å². The molecular weight excluding hydrogens is 340 g/mol. The van der Waals surface area contributed by atoms with Crippen molar-refractivity contribution in [2.75, 3.05) is 14.2 Å². The molecule has 6 nitrogen and oxygen atoms in total. The van der Waals surface area contributed by atoms with Gasteiger partial charge in [-0.1, -0.05) is 0 Å². The molecule has 0 aliphatic rings. The fourth-order valence-corrected chi connectivity index (χ4v) is 2.79. The molecule has 0 N–H and O–H groups in total. The zero-order chi connectivity index (χ0) is 18.6. The highest BCUT2D eigenvalue weighted by atomic mass is 16.5. The number of nitrogens with zero attached hydrogens (tertiary/aromatic N) is 4. The van der Waals surface area contributed by atoms with Crippen molar-refractivity contribution < 1.29 is 9.47 Å². The second-order valence-electron chi connectivity index (χ2n) is 5.85. The van der Waals surface area contributed by atoms with Gasteiger partial charge in [0.25, 0.3) is 0 Å². The van der Waals surface area contributed by atoms with Gasteiger partial charge in [0, 0.05) is 24.2 Å². The summed E-state index contributed by atoms with van der Waals surface area (Å²) in [5.41, 5.74) is 3.46. The molecule has 0 spiro atoms. The summed E-state index contributed by atoms with van der Waals surface area (Å²) in [6.45, 7) is 0. The summed E-state index contributed by atoms with van der Waals surface area (Å²) in [5.74, 6) is 2.35. The highest BCUT2D eigenvalue weighted by Gasteiger charge is 2.13. The van der Waals surface area contributed by atoms with Crippen LogP contribution in [0.2, 0.25) is 0 Å². The van der Waals surface area contributed by atoms with E-state index in [2.05, 4.69) is 4.98 Å². The third-order valence-corrected chi connectivity index (χ3v) is 4.22. The molecule has 134 valence electrons. The van der Waals surface area contributed by atoms with Crippen LogP contribution in [0.4, 0.5) is 5.82 Å². The minimum absolute atomic E-state index is 0.741. The number of fused-ring (bicyclic) bond motifs is 1. The first-order chi connectivity index (χ1) is 13.3. The summed E-state index contributed by atoms with van der Waals surface area (Å²) in [7, 11) is 3.30. The quantitative estimate of drug-likeness (QED) is 0.503. The Morgan fingerprint density at radius 3 is 2.26 bits per heavy atom. The molecule has 2 aromatic heterocycles. The molecule has 6 heteroatoms. The number of ether oxygens (including phenoxy) is 2. The number of aromatic nitrogens is 3. The van der Waals surface area contributed by atoms with Gasteiger partial charge in [0.2, 0.25) is 0 Å². The van der Waals surface area contributed by atoms with Gasteiger partial charge in [-0.2, -0.15) is 0 Å². The van der Waals surface area contributed by atoms with E-state index in [1.165, 1.54) is 0 Å². The Labute approximate surface area is 156 Å². The Morgan fingerprint density at radius 2 is 1.59 bits per heavy atom. The summed E-state index contributed by atoms with van der Waals surface area (Å²) < 4.78 is 12.4. The first-order valence-corrected chi connectivity index (χ1v) is 8.43. The third kappa shape index (κ3) is 3.37. The van der Waals surface area contributed by atoms with Crippen molar-refractivity contribution in [2.45, 2.75) is 0 Å². The Balaban J connectivity index is 1.78. The van der Waals surface area contributed by atoms with E-state index >= 15 is 0 Å². The lowest BCUT2D eigenvalue weighted by molar-refractivity contribution is 0.414. The topological polar surface area (TPSA) is 61.0 Å². The molecule has 0 aliphatic heterocycles. The Morgan fingerprint density at radius 1 is 0.926 bits per heavy atom. The molecule has 0 saturated carbocycles. The lowest BCUT2D eigenvalue weighted by Crippen LogP contribution is -1.87. The van der Waals surface area contributed by atoms with Crippen molar-refractivity contribution in [3.05, 3.63) is 72.7 Å². The van der Waals surface area contributed by atoms with Crippen molar-refractivity contribution in [1.82, 2.24) is 14.4 Å². The maximum atomic E-state index is 5.24. The van der Waals surface area contributed by atoms with E-state index in [4.69, 9.17) is 19.5 Å². The van der Waals surface area contributed by atoms with Gasteiger partial charge in [0.1, 0.15) is 17.2 Å². The second kappa shape index (κ2) is 7.29. The third-order valence-electron chi connectivity index (χ3n) is 4.22. The lowest BCUT2D eigenvalue weighted by Gasteiger charge is -2.03. The molecule has 0 unspecified atom stereocenters. The van der Waals surface area contributed by atoms with E-state index in [1.54, 1.807) is 26.6 Å². The highest BCUT2D eigenvalue weighted by Crippen LogP contribution is 2.31. The van der Waals surface area contributed by atoms with Gasteiger partial charge in [-0.05, 0) is 54.1 Å². The molecule has 0 atom stereocenters. The minimum atomic E-state index is 0.741. The molecule has 0 amide bonds. The minimum Gasteiger partial charge on any atom is -0.497 e. The van der Waals surface area contributed by atoms with E-state index in [0.29, 0.717) is 0 Å². The van der Waals surface area contributed by atoms with Crippen molar-refractivity contribution in [3.8, 4) is 22.8 Å². The smallest absolute Gasteiger partial charge is 0.165 e. The van der Waals surface area contributed by atoms with Crippen molar-refractivity contribution in [3.63, 3.8) is 0 Å². The highest BCUT2D eigenvalue weighted by molar-refractivity contribution is 5.85. The van der Waals surface area contributed by atoms with Gasteiger partial charge in [-0.25, -0.2) is 9.98 Å². The summed E-state index contributed by atoms with van der Waals surface area (Å²) in [6.07, 6.45) is 7.12. The zero-order valence-corrected chi connectivity index (χ0v) is 15.0. The van der Waals surface area contributed by atoms with Crippen LogP contribution < -0.4 is 9.47 Å². The van der Waals surface area contributed by atoms with Gasteiger partial charge in [0.15, 0.2) is 11.5 Å². The lowest BCUT2D eigenvalue weighted by atomic mass is 10.1. The van der Waals surface area contributed by atoms with Crippen LogP contribution in [-0.4, -0.2) is 34.8 Å². The fraction of sp³-hybridized carbons (Fsp3) is 0.0952. The second-order valence-corrected chi connectivity index (χ2v) is 5.85. The SMILES string of the molecule is COc1ccc(/C=N/c2c(-c3ccc(OC)cc3)nc3cnccn23)cc1. The average Bonchev–Trinajstić information content (AvgIpc) is 3.11. The standard InChI is InChI=1S/C21H18N4O2/c1-26-17-7-3-15(4-8-17)13-23-21-20(16-5-9-18(27-2)10-6-16)24-19-14-22-11-12-25(19)21/h3-14H,1-2H3/b23-13+. The average molecular weight is 358 g/mol. The molecule has 27 heavy (non-hydrogen) atoms. The number of hydrogen-bond acceptors (Lipinski definition) is 5. The van der Waals surface area contributed by atoms with Crippen LogP contribution >= 0.6 is 0 Å². The van der Waals surface area contributed by atoms with Crippen LogP contribution in [0.3, 0.4) is 0 Å². The van der Waals surface area contributed by atoms with Gasteiger partial charge in [0.05, 0.1) is 20.4 Å². The normalized spacial score (nSPS) is 11.2. The fourth-order valence-electron chi connectivity index (χ4n) is 2.79. The van der Waals surface area contributed by atoms with E-state index in [9.17, 15) is 0 Å². The van der Waals surface area contributed by atoms with Crippen molar-refractivity contribution >= 4 is 17.7 Å². The molecule has 4 aromatic rings. The molecule has 0 aliphatic carbocycles. The molecule has 0 fully saturated rings. The molecule has 2 aromatic carbocycles. The molecule has 4 rings (SSSR count). The summed E-state index contributed by atoms with van der Waals surface area (Å²) in [5, 5.41) is 0. The van der Waals surface area contributed by atoms with Gasteiger partial charge >= 0.3 is 0 Å². The number of methoxy groups -OCH3 is 2. The molecular formula is C21H18N4O2. The maximum Gasteiger partial charge on any atom is 0.165 e. The van der Waals surface area contributed by atoms with E-state index in [0.717, 1.165) is 39.8 Å². The van der Waals surface area contributed by atoms with Crippen LogP contribution in [0.15, 0.2) is 72.1 Å². The monoisotopic (exact) mass is 358 g/mol. The molecule has 2 heterocycles. The Kier molecular flexibility index (Phi) is 4.53. The molecule has 0 radical (unpaired) electrons. The van der Waals surface area contributed by atoms with Crippen LogP contribution in [0.25, 0.3) is 16.9 Å². The number of benzene rings is 2. The van der Waals surface area contributed by atoms with E-state index < -0.39 is 0 Å². The van der Waals surface area contributed by atoms with Crippen LogP contribution in [0, 0.1) is 0 Å². The number of hydrogen-bond donors (Lipinski definition) is 0. The number of rotatable bonds is 5. The first kappa shape index (κ1) is 16.8. The number of aliphatic imine (C=N–C) groups is 1. The summed E-state index contributed by atoms with van der Waals surface area (Å²) in [6, 6.07) is 15.5. The summed E-state index contributed by atoms with van der Waals surface area (Å²) in [4.78, 5) is 13.6.